The fourth-order valence-corrected chi connectivity index (χ4v) is 2.08. The highest BCUT2D eigenvalue weighted by Gasteiger charge is 2.36. The predicted octanol–water partition coefficient (Wildman–Crippen LogP) is 1.78. The second-order valence-corrected chi connectivity index (χ2v) is 3.99. The molecule has 0 bridgehead atoms. The van der Waals surface area contributed by atoms with Gasteiger partial charge in [-0.1, -0.05) is 19.1 Å². The lowest BCUT2D eigenvalue weighted by molar-refractivity contribution is -0.143. The maximum Gasteiger partial charge on any atom is 0.316 e. The second-order valence-electron chi connectivity index (χ2n) is 3.99. The molecule has 1 unspecified atom stereocenters. The van der Waals surface area contributed by atoms with Gasteiger partial charge in [-0.2, -0.15) is 0 Å². The Kier molecular flexibility index (Phi) is 2.77. The van der Waals surface area contributed by atoms with Crippen LogP contribution in [-0.4, -0.2) is 18.9 Å². The Morgan fingerprint density at radius 3 is 2.88 bits per heavy atom. The maximum absolute atomic E-state index is 12.0. The van der Waals surface area contributed by atoms with E-state index < -0.39 is 11.9 Å². The summed E-state index contributed by atoms with van der Waals surface area (Å²) in [6.45, 7) is 2.04. The van der Waals surface area contributed by atoms with Gasteiger partial charge in [0.05, 0.1) is 7.11 Å². The molecule has 0 amide bonds. The number of carbonyl (C=O) groups is 2. The Labute approximate surface area is 94.4 Å². The largest absolute Gasteiger partial charge is 0.468 e. The molecule has 16 heavy (non-hydrogen) atoms. The number of rotatable bonds is 2. The topological polar surface area (TPSA) is 43.4 Å². The van der Waals surface area contributed by atoms with Crippen molar-refractivity contribution in [3.05, 3.63) is 34.9 Å². The summed E-state index contributed by atoms with van der Waals surface area (Å²) in [6, 6.07) is 5.83. The minimum absolute atomic E-state index is 0.0999. The Hall–Kier alpha value is -1.64. The zero-order chi connectivity index (χ0) is 11.7. The van der Waals surface area contributed by atoms with Crippen molar-refractivity contribution >= 4 is 11.8 Å². The van der Waals surface area contributed by atoms with E-state index in [1.165, 1.54) is 7.11 Å². The first kappa shape index (κ1) is 10.9. The Balaban J connectivity index is 2.35. The van der Waals surface area contributed by atoms with E-state index in [9.17, 15) is 9.59 Å². The normalized spacial score (nSPS) is 18.4. The van der Waals surface area contributed by atoms with E-state index >= 15 is 0 Å². The third-order valence-corrected chi connectivity index (χ3v) is 3.07. The summed E-state index contributed by atoms with van der Waals surface area (Å²) < 4.78 is 4.63. The number of carbonyl (C=O) groups excluding carboxylic acids is 2. The molecular weight excluding hydrogens is 204 g/mol. The molecule has 0 spiro atoms. The van der Waals surface area contributed by atoms with Gasteiger partial charge in [0.1, 0.15) is 5.92 Å². The molecule has 2 rings (SSSR count). The molecule has 0 N–H and O–H groups in total. The third kappa shape index (κ3) is 1.62. The lowest BCUT2D eigenvalue weighted by atomic mass is 10.0. The van der Waals surface area contributed by atoms with Crippen LogP contribution in [-0.2, 0) is 22.4 Å². The zero-order valence-electron chi connectivity index (χ0n) is 9.45. The van der Waals surface area contributed by atoms with Crippen molar-refractivity contribution in [3.63, 3.8) is 0 Å². The highest BCUT2D eigenvalue weighted by atomic mass is 16.5. The Morgan fingerprint density at radius 2 is 2.25 bits per heavy atom. The fraction of sp³-hybridized carbons (Fsp3) is 0.385. The number of fused-ring (bicyclic) bond motifs is 1. The summed E-state index contributed by atoms with van der Waals surface area (Å²) in [5.41, 5.74) is 2.77. The fourth-order valence-electron chi connectivity index (χ4n) is 2.08. The van der Waals surface area contributed by atoms with E-state index in [0.717, 1.165) is 17.5 Å². The van der Waals surface area contributed by atoms with Crippen LogP contribution in [0.2, 0.25) is 0 Å². The van der Waals surface area contributed by atoms with Crippen LogP contribution < -0.4 is 0 Å². The van der Waals surface area contributed by atoms with E-state index in [2.05, 4.69) is 4.74 Å². The van der Waals surface area contributed by atoms with Crippen molar-refractivity contribution in [3.8, 4) is 0 Å². The molecule has 3 nitrogen and oxygen atoms in total. The number of methoxy groups -OCH3 is 1. The smallest absolute Gasteiger partial charge is 0.316 e. The minimum Gasteiger partial charge on any atom is -0.468 e. The van der Waals surface area contributed by atoms with Crippen LogP contribution in [0.25, 0.3) is 0 Å². The summed E-state index contributed by atoms with van der Waals surface area (Å²) in [5, 5.41) is 0. The van der Waals surface area contributed by atoms with Crippen molar-refractivity contribution in [1.82, 2.24) is 0 Å². The second kappa shape index (κ2) is 4.08. The molecule has 1 aromatic rings. The van der Waals surface area contributed by atoms with E-state index in [1.54, 1.807) is 0 Å². The molecule has 84 valence electrons. The molecule has 1 atom stereocenters. The highest BCUT2D eigenvalue weighted by molar-refractivity contribution is 6.12. The van der Waals surface area contributed by atoms with Crippen molar-refractivity contribution in [2.75, 3.05) is 7.11 Å². The summed E-state index contributed by atoms with van der Waals surface area (Å²) in [6.07, 6.45) is 1.37. The lowest BCUT2D eigenvalue weighted by Gasteiger charge is -2.03. The molecule has 0 saturated carbocycles. The highest BCUT2D eigenvalue weighted by Crippen LogP contribution is 2.28. The summed E-state index contributed by atoms with van der Waals surface area (Å²) >= 11 is 0. The number of ketones is 1. The monoisotopic (exact) mass is 218 g/mol. The van der Waals surface area contributed by atoms with Crippen LogP contribution >= 0.6 is 0 Å². The van der Waals surface area contributed by atoms with E-state index in [4.69, 9.17) is 0 Å². The predicted molar refractivity (Wildman–Crippen MR) is 59.4 cm³/mol. The maximum atomic E-state index is 12.0. The molecule has 1 aliphatic rings. The average molecular weight is 218 g/mol. The molecular formula is C13H14O3. The van der Waals surface area contributed by atoms with Gasteiger partial charge in [-0.3, -0.25) is 9.59 Å². The van der Waals surface area contributed by atoms with Gasteiger partial charge in [0.2, 0.25) is 0 Å². The van der Waals surface area contributed by atoms with Crippen LogP contribution in [0.3, 0.4) is 0 Å². The molecule has 1 aliphatic carbocycles. The van der Waals surface area contributed by atoms with Crippen molar-refractivity contribution in [2.45, 2.75) is 19.8 Å². The van der Waals surface area contributed by atoms with Crippen LogP contribution in [0, 0.1) is 5.92 Å². The van der Waals surface area contributed by atoms with E-state index in [-0.39, 0.29) is 5.78 Å². The molecule has 0 radical (unpaired) electrons. The number of esters is 1. The lowest BCUT2D eigenvalue weighted by Crippen LogP contribution is -2.21. The molecule has 0 fully saturated rings. The molecule has 0 heterocycles. The van der Waals surface area contributed by atoms with Crippen molar-refractivity contribution in [2.24, 2.45) is 5.92 Å². The van der Waals surface area contributed by atoms with Crippen LogP contribution in [0.5, 0.6) is 0 Å². The number of Topliss-reactive ketones (excluding diaryl/α,β-unsaturated/α-hetero) is 1. The summed E-state index contributed by atoms with van der Waals surface area (Å²) in [5.74, 6) is -1.16. The van der Waals surface area contributed by atoms with Gasteiger partial charge in [-0.25, -0.2) is 0 Å². The first-order valence-electron chi connectivity index (χ1n) is 5.41. The third-order valence-electron chi connectivity index (χ3n) is 3.07. The van der Waals surface area contributed by atoms with Gasteiger partial charge < -0.3 is 4.74 Å². The molecule has 0 aromatic heterocycles. The number of hydrogen-bond acceptors (Lipinski definition) is 3. The summed E-state index contributed by atoms with van der Waals surface area (Å²) in [4.78, 5) is 23.4. The van der Waals surface area contributed by atoms with Crippen LogP contribution in [0.15, 0.2) is 18.2 Å². The quantitative estimate of drug-likeness (QED) is 0.561. The first-order chi connectivity index (χ1) is 7.67. The van der Waals surface area contributed by atoms with E-state index in [1.807, 2.05) is 25.1 Å². The number of aryl methyl sites for hydroxylation is 1. The number of ether oxygens (including phenoxy) is 1. The molecule has 0 aliphatic heterocycles. The van der Waals surface area contributed by atoms with Crippen molar-refractivity contribution < 1.29 is 14.3 Å². The SMILES string of the molecule is CCc1ccc2c(c1)C(=O)C(C(=O)OC)C2. The van der Waals surface area contributed by atoms with E-state index in [0.29, 0.717) is 12.0 Å². The Morgan fingerprint density at radius 1 is 1.50 bits per heavy atom. The van der Waals surface area contributed by atoms with Crippen molar-refractivity contribution in [1.29, 1.82) is 0 Å². The van der Waals surface area contributed by atoms with Gasteiger partial charge in [-0.15, -0.1) is 0 Å². The summed E-state index contributed by atoms with van der Waals surface area (Å²) in [7, 11) is 1.32. The standard InChI is InChI=1S/C13H14O3/c1-3-8-4-5-9-7-11(13(15)16-2)12(14)10(9)6-8/h4-6,11H,3,7H2,1-2H3. The van der Waals surface area contributed by atoms with Gasteiger partial charge >= 0.3 is 5.97 Å². The number of hydrogen-bond donors (Lipinski definition) is 0. The molecule has 1 aromatic carbocycles. The average Bonchev–Trinajstić information content (AvgIpc) is 2.65. The van der Waals surface area contributed by atoms with Gasteiger partial charge in [-0.05, 0) is 30.0 Å². The van der Waals surface area contributed by atoms with Crippen LogP contribution in [0.1, 0.15) is 28.4 Å². The molecule has 0 saturated heterocycles. The zero-order valence-corrected chi connectivity index (χ0v) is 9.45. The van der Waals surface area contributed by atoms with Gasteiger partial charge in [0, 0.05) is 5.56 Å². The van der Waals surface area contributed by atoms with Gasteiger partial charge in [0.25, 0.3) is 0 Å². The molecule has 3 heteroatoms. The van der Waals surface area contributed by atoms with Gasteiger partial charge in [0.15, 0.2) is 5.78 Å². The minimum atomic E-state index is -0.632. The number of benzene rings is 1. The Bertz CT molecular complexity index is 448. The first-order valence-corrected chi connectivity index (χ1v) is 5.41. The van der Waals surface area contributed by atoms with Crippen LogP contribution in [0.4, 0.5) is 0 Å².